The highest BCUT2D eigenvalue weighted by molar-refractivity contribution is 5.32. The number of aromatic nitrogens is 2. The largest absolute Gasteiger partial charge is 0.496 e. The number of nitrogens with one attached hydrogen (secondary N) is 1. The van der Waals surface area contributed by atoms with E-state index in [9.17, 15) is 4.79 Å². The predicted molar refractivity (Wildman–Crippen MR) is 74.8 cm³/mol. The van der Waals surface area contributed by atoms with Gasteiger partial charge < -0.3 is 14.5 Å². The van der Waals surface area contributed by atoms with Crippen LogP contribution in [0, 0.1) is 6.92 Å². The molecule has 0 amide bonds. The minimum absolute atomic E-state index is 0.0853. The first-order valence-electron chi connectivity index (χ1n) is 6.50. The standard InChI is InChI=1S/C14H19N3O3/c1-10(9-17-14(18)20-11(2)16-17)15-8-12-6-4-5-7-13(12)19-3/h4-7,10,15H,8-9H2,1-3H3. The van der Waals surface area contributed by atoms with E-state index in [1.165, 1.54) is 4.68 Å². The summed E-state index contributed by atoms with van der Waals surface area (Å²) in [7, 11) is 1.65. The molecule has 0 radical (unpaired) electrons. The molecule has 6 nitrogen and oxygen atoms in total. The molecule has 1 heterocycles. The van der Waals surface area contributed by atoms with Gasteiger partial charge >= 0.3 is 5.76 Å². The zero-order valence-electron chi connectivity index (χ0n) is 11.9. The van der Waals surface area contributed by atoms with Gasteiger partial charge in [-0.3, -0.25) is 0 Å². The van der Waals surface area contributed by atoms with E-state index in [4.69, 9.17) is 9.15 Å². The molecule has 1 aromatic heterocycles. The van der Waals surface area contributed by atoms with Crippen LogP contribution >= 0.6 is 0 Å². The van der Waals surface area contributed by atoms with Gasteiger partial charge in [0.15, 0.2) is 0 Å². The van der Waals surface area contributed by atoms with E-state index in [-0.39, 0.29) is 6.04 Å². The topological polar surface area (TPSA) is 69.3 Å². The van der Waals surface area contributed by atoms with Crippen LogP contribution in [-0.4, -0.2) is 22.9 Å². The van der Waals surface area contributed by atoms with Crippen molar-refractivity contribution in [3.05, 3.63) is 46.3 Å². The number of rotatable bonds is 6. The van der Waals surface area contributed by atoms with Gasteiger partial charge in [0, 0.05) is 25.1 Å². The summed E-state index contributed by atoms with van der Waals surface area (Å²) in [6, 6.07) is 7.92. The number of hydrogen-bond donors (Lipinski definition) is 1. The second kappa shape index (κ2) is 6.38. The molecule has 0 spiro atoms. The molecule has 0 fully saturated rings. The lowest BCUT2D eigenvalue weighted by Gasteiger charge is -2.14. The van der Waals surface area contributed by atoms with Crippen molar-refractivity contribution in [1.29, 1.82) is 0 Å². The van der Waals surface area contributed by atoms with Crippen molar-refractivity contribution < 1.29 is 9.15 Å². The molecular weight excluding hydrogens is 258 g/mol. The zero-order chi connectivity index (χ0) is 14.5. The molecule has 0 aliphatic heterocycles. The van der Waals surface area contributed by atoms with Crippen LogP contribution in [0.4, 0.5) is 0 Å². The van der Waals surface area contributed by atoms with Gasteiger partial charge in [-0.15, -0.1) is 5.10 Å². The minimum Gasteiger partial charge on any atom is -0.496 e. The first-order chi connectivity index (χ1) is 9.60. The molecule has 2 rings (SSSR count). The smallest absolute Gasteiger partial charge is 0.437 e. The Bertz CT molecular complexity index is 618. The molecule has 0 aliphatic rings. The number of para-hydroxylation sites is 1. The molecule has 2 aromatic rings. The Balaban J connectivity index is 1.94. The molecule has 0 bridgehead atoms. The van der Waals surface area contributed by atoms with Gasteiger partial charge in [0.1, 0.15) is 5.75 Å². The van der Waals surface area contributed by atoms with E-state index < -0.39 is 5.76 Å². The van der Waals surface area contributed by atoms with Gasteiger partial charge in [-0.25, -0.2) is 4.79 Å². The summed E-state index contributed by atoms with van der Waals surface area (Å²) in [5.74, 6) is 0.807. The molecule has 0 aliphatic carbocycles. The van der Waals surface area contributed by atoms with Crippen molar-refractivity contribution in [1.82, 2.24) is 15.1 Å². The van der Waals surface area contributed by atoms with Crippen LogP contribution in [-0.2, 0) is 13.1 Å². The molecule has 0 saturated heterocycles. The molecular formula is C14H19N3O3. The summed E-state index contributed by atoms with van der Waals surface area (Å²) in [5.41, 5.74) is 1.07. The first kappa shape index (κ1) is 14.3. The van der Waals surface area contributed by atoms with Crippen molar-refractivity contribution in [3.8, 4) is 5.75 Å². The Kier molecular flexibility index (Phi) is 4.57. The Hall–Kier alpha value is -2.08. The molecule has 1 N–H and O–H groups in total. The first-order valence-corrected chi connectivity index (χ1v) is 6.50. The molecule has 20 heavy (non-hydrogen) atoms. The van der Waals surface area contributed by atoms with Crippen LogP contribution in [0.2, 0.25) is 0 Å². The summed E-state index contributed by atoms with van der Waals surface area (Å²) in [6.45, 7) is 4.78. The second-order valence-corrected chi connectivity index (χ2v) is 4.66. The number of ether oxygens (including phenoxy) is 1. The lowest BCUT2D eigenvalue weighted by Crippen LogP contribution is -2.33. The SMILES string of the molecule is COc1ccccc1CNC(C)Cn1nc(C)oc1=O. The normalized spacial score (nSPS) is 12.3. The van der Waals surface area contributed by atoms with Gasteiger partial charge in [-0.2, -0.15) is 4.68 Å². The van der Waals surface area contributed by atoms with E-state index in [0.29, 0.717) is 19.0 Å². The van der Waals surface area contributed by atoms with E-state index in [1.54, 1.807) is 14.0 Å². The number of benzene rings is 1. The lowest BCUT2D eigenvalue weighted by atomic mass is 10.2. The summed E-state index contributed by atoms with van der Waals surface area (Å²) in [6.07, 6.45) is 0. The molecule has 108 valence electrons. The summed E-state index contributed by atoms with van der Waals surface area (Å²) >= 11 is 0. The third kappa shape index (κ3) is 3.48. The van der Waals surface area contributed by atoms with Crippen molar-refractivity contribution in [2.75, 3.05) is 7.11 Å². The minimum atomic E-state index is -0.423. The van der Waals surface area contributed by atoms with Gasteiger partial charge in [0.05, 0.1) is 13.7 Å². The van der Waals surface area contributed by atoms with Crippen molar-refractivity contribution in [2.24, 2.45) is 0 Å². The Labute approximate surface area is 117 Å². The van der Waals surface area contributed by atoms with Crippen molar-refractivity contribution >= 4 is 0 Å². The summed E-state index contributed by atoms with van der Waals surface area (Å²) < 4.78 is 11.5. The van der Waals surface area contributed by atoms with Crippen LogP contribution in [0.3, 0.4) is 0 Å². The van der Waals surface area contributed by atoms with Crippen LogP contribution in [0.25, 0.3) is 0 Å². The zero-order valence-corrected chi connectivity index (χ0v) is 11.9. The van der Waals surface area contributed by atoms with E-state index >= 15 is 0 Å². The van der Waals surface area contributed by atoms with Crippen LogP contribution in [0.5, 0.6) is 5.75 Å². The van der Waals surface area contributed by atoms with Gasteiger partial charge in [-0.1, -0.05) is 18.2 Å². The predicted octanol–water partition coefficient (Wildman–Crippen LogP) is 1.33. The fourth-order valence-corrected chi connectivity index (χ4v) is 1.98. The van der Waals surface area contributed by atoms with Crippen LogP contribution in [0.15, 0.2) is 33.5 Å². The number of aryl methyl sites for hydroxylation is 1. The third-order valence-corrected chi connectivity index (χ3v) is 2.99. The van der Waals surface area contributed by atoms with Crippen molar-refractivity contribution in [2.45, 2.75) is 33.0 Å². The second-order valence-electron chi connectivity index (χ2n) is 4.66. The fourth-order valence-electron chi connectivity index (χ4n) is 1.98. The van der Waals surface area contributed by atoms with Gasteiger partial charge in [0.2, 0.25) is 5.89 Å². The molecule has 1 unspecified atom stereocenters. The maximum atomic E-state index is 11.4. The molecule has 1 atom stereocenters. The summed E-state index contributed by atoms with van der Waals surface area (Å²) in [5, 5.41) is 7.35. The Morgan fingerprint density at radius 1 is 1.45 bits per heavy atom. The Morgan fingerprint density at radius 3 is 2.85 bits per heavy atom. The fraction of sp³-hybridized carbons (Fsp3) is 0.429. The highest BCUT2D eigenvalue weighted by Gasteiger charge is 2.10. The maximum absolute atomic E-state index is 11.4. The van der Waals surface area contributed by atoms with Gasteiger partial charge in [-0.05, 0) is 13.0 Å². The summed E-state index contributed by atoms with van der Waals surface area (Å²) in [4.78, 5) is 11.4. The lowest BCUT2D eigenvalue weighted by molar-refractivity contribution is 0.395. The average Bonchev–Trinajstić information content (AvgIpc) is 2.75. The van der Waals surface area contributed by atoms with Crippen LogP contribution in [0.1, 0.15) is 18.4 Å². The molecule has 1 aromatic carbocycles. The number of nitrogens with zero attached hydrogens (tertiary/aromatic N) is 2. The highest BCUT2D eigenvalue weighted by Crippen LogP contribution is 2.16. The monoisotopic (exact) mass is 277 g/mol. The highest BCUT2D eigenvalue weighted by atomic mass is 16.5. The van der Waals surface area contributed by atoms with Gasteiger partial charge in [0.25, 0.3) is 0 Å². The van der Waals surface area contributed by atoms with E-state index in [2.05, 4.69) is 10.4 Å². The average molecular weight is 277 g/mol. The number of hydrogen-bond acceptors (Lipinski definition) is 5. The quantitative estimate of drug-likeness (QED) is 0.862. The van der Waals surface area contributed by atoms with Crippen molar-refractivity contribution in [3.63, 3.8) is 0 Å². The third-order valence-electron chi connectivity index (χ3n) is 2.99. The number of methoxy groups -OCH3 is 1. The van der Waals surface area contributed by atoms with Crippen LogP contribution < -0.4 is 15.8 Å². The van der Waals surface area contributed by atoms with E-state index in [0.717, 1.165) is 11.3 Å². The molecule has 0 saturated carbocycles. The Morgan fingerprint density at radius 2 is 2.20 bits per heavy atom. The molecule has 6 heteroatoms. The maximum Gasteiger partial charge on any atom is 0.437 e. The van der Waals surface area contributed by atoms with E-state index in [1.807, 2.05) is 31.2 Å².